The van der Waals surface area contributed by atoms with Gasteiger partial charge >= 0.3 is 5.69 Å². The SMILES string of the molecule is CCCNc1nccc(C)c1[N+](=O)[O-]. The Labute approximate surface area is 82.3 Å². The van der Waals surface area contributed by atoms with Gasteiger partial charge in [-0.1, -0.05) is 6.92 Å². The molecule has 0 aromatic carbocycles. The van der Waals surface area contributed by atoms with Crippen molar-refractivity contribution >= 4 is 11.5 Å². The maximum Gasteiger partial charge on any atom is 0.314 e. The van der Waals surface area contributed by atoms with E-state index < -0.39 is 4.92 Å². The molecule has 0 saturated heterocycles. The van der Waals surface area contributed by atoms with Gasteiger partial charge in [0.1, 0.15) is 0 Å². The molecular formula is C9H13N3O2. The van der Waals surface area contributed by atoms with Gasteiger partial charge in [0.25, 0.3) is 0 Å². The van der Waals surface area contributed by atoms with Crippen LogP contribution in [0.1, 0.15) is 18.9 Å². The van der Waals surface area contributed by atoms with Crippen LogP contribution in [0, 0.1) is 17.0 Å². The van der Waals surface area contributed by atoms with Gasteiger partial charge in [0.15, 0.2) is 0 Å². The van der Waals surface area contributed by atoms with Gasteiger partial charge in [-0.15, -0.1) is 0 Å². The summed E-state index contributed by atoms with van der Waals surface area (Å²) in [6.45, 7) is 4.39. The lowest BCUT2D eigenvalue weighted by atomic mass is 10.2. The van der Waals surface area contributed by atoms with E-state index in [4.69, 9.17) is 0 Å². The molecule has 0 amide bonds. The molecule has 5 nitrogen and oxygen atoms in total. The quantitative estimate of drug-likeness (QED) is 0.590. The van der Waals surface area contributed by atoms with E-state index in [0.717, 1.165) is 6.42 Å². The average molecular weight is 195 g/mol. The molecular weight excluding hydrogens is 182 g/mol. The first-order valence-corrected chi connectivity index (χ1v) is 4.50. The molecule has 1 rings (SSSR count). The van der Waals surface area contributed by atoms with Gasteiger partial charge in [0.05, 0.1) is 4.92 Å². The highest BCUT2D eigenvalue weighted by molar-refractivity contribution is 5.59. The Morgan fingerprint density at radius 2 is 2.36 bits per heavy atom. The first-order chi connectivity index (χ1) is 6.66. The van der Waals surface area contributed by atoms with Crippen LogP contribution in [-0.4, -0.2) is 16.5 Å². The van der Waals surface area contributed by atoms with E-state index in [9.17, 15) is 10.1 Å². The van der Waals surface area contributed by atoms with Crippen molar-refractivity contribution in [1.29, 1.82) is 0 Å². The molecule has 0 aliphatic heterocycles. The topological polar surface area (TPSA) is 68.1 Å². The second-order valence-corrected chi connectivity index (χ2v) is 3.01. The lowest BCUT2D eigenvalue weighted by Gasteiger charge is -2.05. The van der Waals surface area contributed by atoms with Gasteiger partial charge < -0.3 is 5.32 Å². The molecule has 0 bridgehead atoms. The van der Waals surface area contributed by atoms with E-state index in [0.29, 0.717) is 17.9 Å². The van der Waals surface area contributed by atoms with Crippen molar-refractivity contribution < 1.29 is 4.92 Å². The minimum Gasteiger partial charge on any atom is -0.364 e. The van der Waals surface area contributed by atoms with Crippen molar-refractivity contribution in [3.63, 3.8) is 0 Å². The van der Waals surface area contributed by atoms with E-state index in [2.05, 4.69) is 10.3 Å². The van der Waals surface area contributed by atoms with Gasteiger partial charge in [-0.2, -0.15) is 0 Å². The number of nitrogens with zero attached hydrogens (tertiary/aromatic N) is 2. The predicted octanol–water partition coefficient (Wildman–Crippen LogP) is 2.12. The van der Waals surface area contributed by atoms with Crippen molar-refractivity contribution in [2.45, 2.75) is 20.3 Å². The second kappa shape index (κ2) is 4.55. The number of hydrogen-bond acceptors (Lipinski definition) is 4. The van der Waals surface area contributed by atoms with E-state index in [1.165, 1.54) is 0 Å². The Kier molecular flexibility index (Phi) is 3.39. The van der Waals surface area contributed by atoms with Gasteiger partial charge in [0, 0.05) is 18.3 Å². The summed E-state index contributed by atoms with van der Waals surface area (Å²) in [5, 5.41) is 13.7. The highest BCUT2D eigenvalue weighted by Crippen LogP contribution is 2.24. The molecule has 1 N–H and O–H groups in total. The van der Waals surface area contributed by atoms with E-state index in [1.807, 2.05) is 6.92 Å². The molecule has 0 aliphatic carbocycles. The third kappa shape index (κ3) is 2.18. The molecule has 0 saturated carbocycles. The van der Waals surface area contributed by atoms with Crippen molar-refractivity contribution in [3.8, 4) is 0 Å². The maximum atomic E-state index is 10.7. The van der Waals surface area contributed by atoms with Gasteiger partial charge in [-0.05, 0) is 19.4 Å². The number of hydrogen-bond donors (Lipinski definition) is 1. The molecule has 5 heteroatoms. The summed E-state index contributed by atoms with van der Waals surface area (Å²) >= 11 is 0. The summed E-state index contributed by atoms with van der Waals surface area (Å²) in [6, 6.07) is 1.63. The number of anilines is 1. The van der Waals surface area contributed by atoms with Crippen LogP contribution in [0.4, 0.5) is 11.5 Å². The number of aromatic nitrogens is 1. The normalized spacial score (nSPS) is 9.86. The van der Waals surface area contributed by atoms with Crippen molar-refractivity contribution in [3.05, 3.63) is 27.9 Å². The zero-order chi connectivity index (χ0) is 10.6. The van der Waals surface area contributed by atoms with E-state index >= 15 is 0 Å². The number of nitro groups is 1. The van der Waals surface area contributed by atoms with Crippen LogP contribution in [0.25, 0.3) is 0 Å². The summed E-state index contributed by atoms with van der Waals surface area (Å²) in [4.78, 5) is 14.3. The number of nitrogens with one attached hydrogen (secondary N) is 1. The van der Waals surface area contributed by atoms with Crippen LogP contribution in [0.15, 0.2) is 12.3 Å². The highest BCUT2D eigenvalue weighted by atomic mass is 16.6. The Morgan fingerprint density at radius 1 is 1.64 bits per heavy atom. The standard InChI is InChI=1S/C9H13N3O2/c1-3-5-10-9-8(12(13)14)7(2)4-6-11-9/h4,6H,3,5H2,1-2H3,(H,10,11). The number of pyridine rings is 1. The zero-order valence-corrected chi connectivity index (χ0v) is 8.28. The highest BCUT2D eigenvalue weighted by Gasteiger charge is 2.17. The predicted molar refractivity (Wildman–Crippen MR) is 54.4 cm³/mol. The van der Waals surface area contributed by atoms with Crippen LogP contribution >= 0.6 is 0 Å². The Hall–Kier alpha value is -1.65. The molecule has 1 aromatic heterocycles. The van der Waals surface area contributed by atoms with Crippen LogP contribution < -0.4 is 5.32 Å². The van der Waals surface area contributed by atoms with Gasteiger partial charge in [-0.25, -0.2) is 4.98 Å². The lowest BCUT2D eigenvalue weighted by Crippen LogP contribution is -2.06. The van der Waals surface area contributed by atoms with Gasteiger partial charge in [0.2, 0.25) is 5.82 Å². The first kappa shape index (κ1) is 10.4. The third-order valence-electron chi connectivity index (χ3n) is 1.85. The fourth-order valence-electron chi connectivity index (χ4n) is 1.15. The summed E-state index contributed by atoms with van der Waals surface area (Å²) in [5.41, 5.74) is 0.699. The van der Waals surface area contributed by atoms with Crippen LogP contribution in [0.5, 0.6) is 0 Å². The molecule has 0 aliphatic rings. The number of rotatable bonds is 4. The Balaban J connectivity index is 3.02. The number of aryl methyl sites for hydroxylation is 1. The van der Waals surface area contributed by atoms with Crippen molar-refractivity contribution in [1.82, 2.24) is 4.98 Å². The third-order valence-corrected chi connectivity index (χ3v) is 1.85. The molecule has 76 valence electrons. The summed E-state index contributed by atoms with van der Waals surface area (Å²) < 4.78 is 0. The molecule has 1 aromatic rings. The molecule has 0 radical (unpaired) electrons. The fourth-order valence-corrected chi connectivity index (χ4v) is 1.15. The molecule has 14 heavy (non-hydrogen) atoms. The Bertz CT molecular complexity index is 339. The average Bonchev–Trinajstić information content (AvgIpc) is 2.14. The largest absolute Gasteiger partial charge is 0.364 e. The van der Waals surface area contributed by atoms with E-state index in [1.54, 1.807) is 19.2 Å². The molecule has 0 fully saturated rings. The monoisotopic (exact) mass is 195 g/mol. The summed E-state index contributed by atoms with van der Waals surface area (Å²) in [5.74, 6) is 0.358. The van der Waals surface area contributed by atoms with Crippen molar-refractivity contribution in [2.24, 2.45) is 0 Å². The zero-order valence-electron chi connectivity index (χ0n) is 8.28. The second-order valence-electron chi connectivity index (χ2n) is 3.01. The van der Waals surface area contributed by atoms with Crippen LogP contribution in [0.3, 0.4) is 0 Å². The Morgan fingerprint density at radius 3 is 2.93 bits per heavy atom. The van der Waals surface area contributed by atoms with Crippen molar-refractivity contribution in [2.75, 3.05) is 11.9 Å². The molecule has 1 heterocycles. The minimum absolute atomic E-state index is 0.0703. The minimum atomic E-state index is -0.402. The lowest BCUT2D eigenvalue weighted by molar-refractivity contribution is -0.384. The summed E-state index contributed by atoms with van der Waals surface area (Å²) in [7, 11) is 0. The summed E-state index contributed by atoms with van der Waals surface area (Å²) in [6.07, 6.45) is 2.48. The van der Waals surface area contributed by atoms with Gasteiger partial charge in [-0.3, -0.25) is 10.1 Å². The molecule has 0 atom stereocenters. The van der Waals surface area contributed by atoms with Crippen LogP contribution in [-0.2, 0) is 0 Å². The molecule has 0 unspecified atom stereocenters. The van der Waals surface area contributed by atoms with E-state index in [-0.39, 0.29) is 5.69 Å². The smallest absolute Gasteiger partial charge is 0.314 e. The molecule has 0 spiro atoms. The maximum absolute atomic E-state index is 10.7. The fraction of sp³-hybridized carbons (Fsp3) is 0.444. The first-order valence-electron chi connectivity index (χ1n) is 4.50. The van der Waals surface area contributed by atoms with Crippen LogP contribution in [0.2, 0.25) is 0 Å².